The molecule has 1 aliphatic heterocycles. The Bertz CT molecular complexity index is 326. The van der Waals surface area contributed by atoms with Gasteiger partial charge >= 0.3 is 0 Å². The van der Waals surface area contributed by atoms with E-state index in [2.05, 4.69) is 25.1 Å². The quantitative estimate of drug-likeness (QED) is 0.635. The lowest BCUT2D eigenvalue weighted by molar-refractivity contribution is 0.316. The van der Waals surface area contributed by atoms with Crippen LogP contribution in [-0.4, -0.2) is 6.61 Å². The highest BCUT2D eigenvalue weighted by atomic mass is 16.5. The number of hydrogen-bond donors (Lipinski definition) is 0. The fourth-order valence-electron chi connectivity index (χ4n) is 1.72. The second kappa shape index (κ2) is 3.65. The van der Waals surface area contributed by atoms with Gasteiger partial charge in [-0.1, -0.05) is 31.2 Å². The minimum absolute atomic E-state index is 0.822. The van der Waals surface area contributed by atoms with Crippen molar-refractivity contribution >= 4 is 5.57 Å². The molecule has 68 valence electrons. The molecule has 1 aromatic rings. The monoisotopic (exact) mass is 174 g/mol. The highest BCUT2D eigenvalue weighted by molar-refractivity contribution is 5.71. The Labute approximate surface area is 79.0 Å². The van der Waals surface area contributed by atoms with Gasteiger partial charge in [0.05, 0.1) is 6.61 Å². The minimum Gasteiger partial charge on any atom is -0.493 e. The molecular formula is C12H14O. The normalized spacial score (nSPS) is 18.1. The van der Waals surface area contributed by atoms with Crippen LogP contribution in [0.3, 0.4) is 0 Å². The van der Waals surface area contributed by atoms with E-state index < -0.39 is 0 Å². The number of rotatable bonds is 1. The molecule has 1 heterocycles. The molecule has 13 heavy (non-hydrogen) atoms. The summed E-state index contributed by atoms with van der Waals surface area (Å²) < 4.78 is 5.56. The second-order valence-corrected chi connectivity index (χ2v) is 3.23. The number of hydrogen-bond acceptors (Lipinski definition) is 1. The molecule has 1 heteroatoms. The van der Waals surface area contributed by atoms with E-state index in [1.165, 1.54) is 11.1 Å². The first-order valence-corrected chi connectivity index (χ1v) is 4.83. The van der Waals surface area contributed by atoms with Crippen LogP contribution in [-0.2, 0) is 0 Å². The fourth-order valence-corrected chi connectivity index (χ4v) is 1.72. The number of ether oxygens (including phenoxy) is 1. The van der Waals surface area contributed by atoms with Gasteiger partial charge in [-0.15, -0.1) is 0 Å². The van der Waals surface area contributed by atoms with Crippen LogP contribution in [0.15, 0.2) is 30.3 Å². The third-order valence-corrected chi connectivity index (χ3v) is 2.31. The molecule has 0 fully saturated rings. The van der Waals surface area contributed by atoms with E-state index in [9.17, 15) is 0 Å². The number of para-hydroxylation sites is 1. The van der Waals surface area contributed by atoms with Gasteiger partial charge in [0.2, 0.25) is 0 Å². The van der Waals surface area contributed by atoms with Crippen molar-refractivity contribution in [2.24, 2.45) is 0 Å². The van der Waals surface area contributed by atoms with Crippen LogP contribution >= 0.6 is 0 Å². The lowest BCUT2D eigenvalue weighted by Crippen LogP contribution is -2.07. The van der Waals surface area contributed by atoms with Crippen molar-refractivity contribution in [3.05, 3.63) is 35.9 Å². The summed E-state index contributed by atoms with van der Waals surface area (Å²) in [4.78, 5) is 0. The van der Waals surface area contributed by atoms with Crippen LogP contribution in [0.1, 0.15) is 25.3 Å². The van der Waals surface area contributed by atoms with Gasteiger partial charge in [0.25, 0.3) is 0 Å². The molecule has 0 N–H and O–H groups in total. The van der Waals surface area contributed by atoms with E-state index in [1.807, 2.05) is 12.1 Å². The van der Waals surface area contributed by atoms with Crippen LogP contribution in [0.4, 0.5) is 0 Å². The molecule has 0 saturated heterocycles. The van der Waals surface area contributed by atoms with Crippen molar-refractivity contribution < 1.29 is 4.74 Å². The maximum Gasteiger partial charge on any atom is 0.126 e. The number of allylic oxidation sites excluding steroid dienone is 1. The SMILES string of the molecule is CC/C=C1\CCOc2ccccc21. The molecule has 1 aromatic carbocycles. The first-order chi connectivity index (χ1) is 6.42. The van der Waals surface area contributed by atoms with Gasteiger partial charge in [0.1, 0.15) is 5.75 Å². The van der Waals surface area contributed by atoms with Crippen molar-refractivity contribution in [3.8, 4) is 5.75 Å². The zero-order valence-corrected chi connectivity index (χ0v) is 7.92. The van der Waals surface area contributed by atoms with Gasteiger partial charge in [-0.25, -0.2) is 0 Å². The topological polar surface area (TPSA) is 9.23 Å². The molecule has 0 spiro atoms. The van der Waals surface area contributed by atoms with E-state index in [-0.39, 0.29) is 0 Å². The van der Waals surface area contributed by atoms with E-state index in [0.717, 1.165) is 25.2 Å². The molecule has 0 unspecified atom stereocenters. The van der Waals surface area contributed by atoms with Crippen LogP contribution in [0.25, 0.3) is 5.57 Å². The maximum absolute atomic E-state index is 5.56. The van der Waals surface area contributed by atoms with Crippen LogP contribution in [0.5, 0.6) is 5.75 Å². The van der Waals surface area contributed by atoms with Gasteiger partial charge in [-0.2, -0.15) is 0 Å². The van der Waals surface area contributed by atoms with Gasteiger partial charge in [0.15, 0.2) is 0 Å². The molecule has 0 atom stereocenters. The Hall–Kier alpha value is -1.24. The second-order valence-electron chi connectivity index (χ2n) is 3.23. The molecule has 0 bridgehead atoms. The largest absolute Gasteiger partial charge is 0.493 e. The molecular weight excluding hydrogens is 160 g/mol. The van der Waals surface area contributed by atoms with E-state index in [0.29, 0.717) is 0 Å². The van der Waals surface area contributed by atoms with Gasteiger partial charge in [-0.3, -0.25) is 0 Å². The Balaban J connectivity index is 2.42. The highest BCUT2D eigenvalue weighted by Crippen LogP contribution is 2.32. The summed E-state index contributed by atoms with van der Waals surface area (Å²) >= 11 is 0. The van der Waals surface area contributed by atoms with E-state index >= 15 is 0 Å². The summed E-state index contributed by atoms with van der Waals surface area (Å²) in [5.41, 5.74) is 2.71. The average molecular weight is 174 g/mol. The minimum atomic E-state index is 0.822. The van der Waals surface area contributed by atoms with Crippen LogP contribution in [0.2, 0.25) is 0 Å². The molecule has 0 saturated carbocycles. The van der Waals surface area contributed by atoms with E-state index in [1.54, 1.807) is 0 Å². The third kappa shape index (κ3) is 1.59. The number of fused-ring (bicyclic) bond motifs is 1. The summed E-state index contributed by atoms with van der Waals surface area (Å²) in [6.07, 6.45) is 4.44. The van der Waals surface area contributed by atoms with Crippen molar-refractivity contribution in [1.82, 2.24) is 0 Å². The Morgan fingerprint density at radius 1 is 1.38 bits per heavy atom. The van der Waals surface area contributed by atoms with Crippen LogP contribution in [0, 0.1) is 0 Å². The molecule has 0 aliphatic carbocycles. The lowest BCUT2D eigenvalue weighted by Gasteiger charge is -2.19. The van der Waals surface area contributed by atoms with E-state index in [4.69, 9.17) is 4.74 Å². The first kappa shape index (κ1) is 8.36. The summed E-state index contributed by atoms with van der Waals surface area (Å²) in [6.45, 7) is 2.99. The predicted molar refractivity (Wildman–Crippen MR) is 54.8 cm³/mol. The Morgan fingerprint density at radius 2 is 2.23 bits per heavy atom. The summed E-state index contributed by atoms with van der Waals surface area (Å²) in [6, 6.07) is 8.26. The van der Waals surface area contributed by atoms with Gasteiger partial charge < -0.3 is 4.74 Å². The predicted octanol–water partition coefficient (Wildman–Crippen LogP) is 3.26. The maximum atomic E-state index is 5.56. The average Bonchev–Trinajstić information content (AvgIpc) is 2.19. The summed E-state index contributed by atoms with van der Waals surface area (Å²) in [5.74, 6) is 1.04. The lowest BCUT2D eigenvalue weighted by atomic mass is 9.99. The van der Waals surface area contributed by atoms with Crippen molar-refractivity contribution in [2.45, 2.75) is 19.8 Å². The molecule has 1 nitrogen and oxygen atoms in total. The standard InChI is InChI=1S/C12H14O/c1-2-5-10-8-9-13-12-7-4-3-6-11(10)12/h3-7H,2,8-9H2,1H3/b10-5+. The van der Waals surface area contributed by atoms with Gasteiger partial charge in [-0.05, 0) is 18.1 Å². The zero-order chi connectivity index (χ0) is 9.10. The first-order valence-electron chi connectivity index (χ1n) is 4.83. The highest BCUT2D eigenvalue weighted by Gasteiger charge is 2.12. The number of benzene rings is 1. The smallest absolute Gasteiger partial charge is 0.126 e. The van der Waals surface area contributed by atoms with Crippen molar-refractivity contribution in [2.75, 3.05) is 6.61 Å². The molecule has 1 aliphatic rings. The zero-order valence-electron chi connectivity index (χ0n) is 7.92. The molecule has 0 amide bonds. The Morgan fingerprint density at radius 3 is 3.08 bits per heavy atom. The van der Waals surface area contributed by atoms with Crippen molar-refractivity contribution in [1.29, 1.82) is 0 Å². The van der Waals surface area contributed by atoms with Crippen molar-refractivity contribution in [3.63, 3.8) is 0 Å². The summed E-state index contributed by atoms with van der Waals surface area (Å²) in [7, 11) is 0. The molecule has 0 radical (unpaired) electrons. The fraction of sp³-hybridized carbons (Fsp3) is 0.333. The van der Waals surface area contributed by atoms with Crippen LogP contribution < -0.4 is 4.74 Å². The van der Waals surface area contributed by atoms with Gasteiger partial charge in [0, 0.05) is 12.0 Å². The molecule has 0 aromatic heterocycles. The molecule has 2 rings (SSSR count). The summed E-state index contributed by atoms with van der Waals surface area (Å²) in [5, 5.41) is 0. The Kier molecular flexibility index (Phi) is 2.35. The third-order valence-electron chi connectivity index (χ3n) is 2.31.